The van der Waals surface area contributed by atoms with Crippen molar-refractivity contribution < 1.29 is 62.0 Å². The molecule has 9 nitrogen and oxygen atoms in total. The SMILES string of the molecule is O=C([O-])C(=O)[O-].O=C([O-])C(=O)[O-].[NH4+].[Nb+3]. The second-order valence-corrected chi connectivity index (χ2v) is 1.15. The van der Waals surface area contributed by atoms with Gasteiger partial charge < -0.3 is 45.8 Å². The number of quaternary nitrogens is 1. The molecule has 0 aliphatic heterocycles. The molecule has 0 saturated carbocycles. The van der Waals surface area contributed by atoms with Crippen molar-refractivity contribution in [1.82, 2.24) is 6.15 Å². The Kier molecular flexibility index (Phi) is 19.0. The van der Waals surface area contributed by atoms with Gasteiger partial charge in [0.15, 0.2) is 0 Å². The fourth-order valence-corrected chi connectivity index (χ4v) is 0. The third-order valence-electron chi connectivity index (χ3n) is 0.333. The minimum absolute atomic E-state index is 0. The second kappa shape index (κ2) is 11.6. The van der Waals surface area contributed by atoms with Gasteiger partial charge in [0.05, 0.1) is 23.9 Å². The quantitative estimate of drug-likeness (QED) is 0.334. The molecule has 14 heavy (non-hydrogen) atoms. The summed E-state index contributed by atoms with van der Waals surface area (Å²) in [7, 11) is 0. The molecule has 0 fully saturated rings. The van der Waals surface area contributed by atoms with Gasteiger partial charge in [0.1, 0.15) is 0 Å². The Morgan fingerprint density at radius 3 is 0.643 bits per heavy atom. The van der Waals surface area contributed by atoms with E-state index >= 15 is 0 Å². The van der Waals surface area contributed by atoms with Gasteiger partial charge in [-0.05, 0) is 0 Å². The first-order valence-corrected chi connectivity index (χ1v) is 2.13. The van der Waals surface area contributed by atoms with Crippen molar-refractivity contribution in [2.45, 2.75) is 0 Å². The molecule has 0 atom stereocenters. The number of rotatable bonds is 0. The van der Waals surface area contributed by atoms with E-state index in [0.29, 0.717) is 0 Å². The average molecular weight is 287 g/mol. The van der Waals surface area contributed by atoms with Crippen LogP contribution in [0.4, 0.5) is 0 Å². The molecule has 0 radical (unpaired) electrons. The Morgan fingerprint density at radius 1 is 0.571 bits per heavy atom. The van der Waals surface area contributed by atoms with Crippen LogP contribution in [0, 0.1) is 0 Å². The van der Waals surface area contributed by atoms with Gasteiger partial charge in [0, 0.05) is 0 Å². The maximum Gasteiger partial charge on any atom is 3.00 e. The summed E-state index contributed by atoms with van der Waals surface area (Å²) in [6.07, 6.45) is 0. The van der Waals surface area contributed by atoms with Crippen LogP contribution in [0.3, 0.4) is 0 Å². The van der Waals surface area contributed by atoms with Crippen LogP contribution < -0.4 is 26.6 Å². The normalized spacial score (nSPS) is 6.29. The molecule has 0 aromatic heterocycles. The van der Waals surface area contributed by atoms with E-state index in [1.165, 1.54) is 0 Å². The Morgan fingerprint density at radius 2 is 0.643 bits per heavy atom. The summed E-state index contributed by atoms with van der Waals surface area (Å²) < 4.78 is 0. The zero-order valence-electron chi connectivity index (χ0n) is 6.71. The molecule has 0 heterocycles. The molecule has 0 aromatic rings. The van der Waals surface area contributed by atoms with Gasteiger partial charge >= 0.3 is 22.4 Å². The average Bonchev–Trinajstić information content (AvgIpc) is 1.88. The maximum atomic E-state index is 8.93. The molecule has 0 aliphatic rings. The third-order valence-corrected chi connectivity index (χ3v) is 0.333. The van der Waals surface area contributed by atoms with E-state index in [1.807, 2.05) is 0 Å². The summed E-state index contributed by atoms with van der Waals surface area (Å²) in [4.78, 5) is 35.7. The van der Waals surface area contributed by atoms with Gasteiger partial charge in [-0.2, -0.15) is 0 Å². The van der Waals surface area contributed by atoms with Gasteiger partial charge in [0.2, 0.25) is 0 Å². The van der Waals surface area contributed by atoms with E-state index in [2.05, 4.69) is 0 Å². The van der Waals surface area contributed by atoms with Crippen molar-refractivity contribution in [3.63, 3.8) is 0 Å². The van der Waals surface area contributed by atoms with E-state index < -0.39 is 23.9 Å². The molecule has 0 aromatic carbocycles. The van der Waals surface area contributed by atoms with Crippen LogP contribution in [0.2, 0.25) is 0 Å². The summed E-state index contributed by atoms with van der Waals surface area (Å²) in [5, 5.41) is 35.7. The van der Waals surface area contributed by atoms with Gasteiger partial charge in [-0.15, -0.1) is 0 Å². The minimum Gasteiger partial charge on any atom is -0.543 e. The molecular weight excluding hydrogens is 283 g/mol. The first-order chi connectivity index (χ1) is 5.29. The summed E-state index contributed by atoms with van der Waals surface area (Å²) >= 11 is 0. The number of carboxylic acids is 4. The molecule has 78 valence electrons. The van der Waals surface area contributed by atoms with Crippen molar-refractivity contribution >= 4 is 23.9 Å². The summed E-state index contributed by atoms with van der Waals surface area (Å²) in [5.74, 6) is -8.74. The fraction of sp³-hybridized carbons (Fsp3) is 0. The standard InChI is InChI=1S/2C2H2O4.H3N.Nb/c2*3-1(4)2(5)6;;/h2*(H,3,4)(H,5,6);1H3;/q;;;+3/p-3. The Balaban J connectivity index is -0.0000000625. The van der Waals surface area contributed by atoms with Gasteiger partial charge in [0.25, 0.3) is 0 Å². The summed E-state index contributed by atoms with van der Waals surface area (Å²) in [6.45, 7) is 0. The van der Waals surface area contributed by atoms with E-state index in [4.69, 9.17) is 39.6 Å². The van der Waals surface area contributed by atoms with Crippen LogP contribution in [0.1, 0.15) is 0 Å². The molecular formula is C4H4NNbO8. The first-order valence-electron chi connectivity index (χ1n) is 2.13. The zero-order chi connectivity index (χ0) is 10.3. The van der Waals surface area contributed by atoms with Crippen molar-refractivity contribution in [2.75, 3.05) is 0 Å². The molecule has 4 N–H and O–H groups in total. The monoisotopic (exact) mass is 287 g/mol. The molecule has 0 spiro atoms. The van der Waals surface area contributed by atoms with Crippen LogP contribution in [0.5, 0.6) is 0 Å². The molecule has 0 rings (SSSR count). The largest absolute Gasteiger partial charge is 3.00 e. The number of carbonyl (C=O) groups is 4. The summed E-state index contributed by atoms with van der Waals surface area (Å²) in [5.41, 5.74) is 0. The number of aliphatic carboxylic acids is 4. The van der Waals surface area contributed by atoms with Crippen LogP contribution in [0.25, 0.3) is 0 Å². The predicted octanol–water partition coefficient (Wildman–Crippen LogP) is -6.65. The van der Waals surface area contributed by atoms with E-state index in [0.717, 1.165) is 0 Å². The van der Waals surface area contributed by atoms with Crippen molar-refractivity contribution in [2.24, 2.45) is 0 Å². The smallest absolute Gasteiger partial charge is 0.543 e. The maximum absolute atomic E-state index is 8.93. The number of hydrogen-bond donors (Lipinski definition) is 1. The zero-order valence-corrected chi connectivity index (χ0v) is 8.91. The Bertz CT molecular complexity index is 177. The Hall–Kier alpha value is -1.42. The Labute approximate surface area is 92.4 Å². The van der Waals surface area contributed by atoms with Crippen LogP contribution in [-0.4, -0.2) is 23.9 Å². The number of carbonyl (C=O) groups excluding carboxylic acids is 4. The fourth-order valence-electron chi connectivity index (χ4n) is 0. The van der Waals surface area contributed by atoms with Crippen LogP contribution in [-0.2, 0) is 41.6 Å². The van der Waals surface area contributed by atoms with Crippen molar-refractivity contribution in [3.05, 3.63) is 0 Å². The van der Waals surface area contributed by atoms with Crippen molar-refractivity contribution in [1.29, 1.82) is 0 Å². The molecule has 0 aliphatic carbocycles. The first kappa shape index (κ1) is 22.9. The van der Waals surface area contributed by atoms with E-state index in [-0.39, 0.29) is 28.5 Å². The predicted molar refractivity (Wildman–Crippen MR) is 26.0 cm³/mol. The molecule has 0 amide bonds. The number of carboxylic acid groups (broad SMARTS) is 4. The van der Waals surface area contributed by atoms with Crippen molar-refractivity contribution in [3.8, 4) is 0 Å². The number of hydrogen-bond acceptors (Lipinski definition) is 8. The third kappa shape index (κ3) is 22.4. The van der Waals surface area contributed by atoms with E-state index in [1.54, 1.807) is 0 Å². The second-order valence-electron chi connectivity index (χ2n) is 1.15. The molecule has 0 saturated heterocycles. The minimum atomic E-state index is -2.19. The molecule has 10 heteroatoms. The van der Waals surface area contributed by atoms with Crippen LogP contribution >= 0.6 is 0 Å². The summed E-state index contributed by atoms with van der Waals surface area (Å²) in [6, 6.07) is 0. The van der Waals surface area contributed by atoms with Gasteiger partial charge in [-0.25, -0.2) is 0 Å². The van der Waals surface area contributed by atoms with E-state index in [9.17, 15) is 0 Å². The van der Waals surface area contributed by atoms with Gasteiger partial charge in [-0.1, -0.05) is 0 Å². The topological polar surface area (TPSA) is 197 Å². The van der Waals surface area contributed by atoms with Crippen LogP contribution in [0.15, 0.2) is 0 Å². The molecule has 0 bridgehead atoms. The van der Waals surface area contributed by atoms with Gasteiger partial charge in [-0.3, -0.25) is 0 Å². The molecule has 0 unspecified atom stereocenters.